The fourth-order valence-corrected chi connectivity index (χ4v) is 3.12. The highest BCUT2D eigenvalue weighted by atomic mass is 35.5. The number of hydrogen-bond acceptors (Lipinski definition) is 4. The van der Waals surface area contributed by atoms with E-state index in [0.717, 1.165) is 12.8 Å². The van der Waals surface area contributed by atoms with Crippen molar-refractivity contribution in [2.75, 3.05) is 6.54 Å². The Bertz CT molecular complexity index is 517. The molecule has 1 aliphatic rings. The number of esters is 1. The Morgan fingerprint density at radius 2 is 1.73 bits per heavy atom. The van der Waals surface area contributed by atoms with Crippen molar-refractivity contribution in [2.45, 2.75) is 84.3 Å². The van der Waals surface area contributed by atoms with Gasteiger partial charge in [0, 0.05) is 12.6 Å². The quantitative estimate of drug-likeness (QED) is 0.372. The molecule has 0 saturated heterocycles. The van der Waals surface area contributed by atoms with Crippen LogP contribution in [-0.4, -0.2) is 29.5 Å². The van der Waals surface area contributed by atoms with Crippen molar-refractivity contribution < 1.29 is 14.3 Å². The van der Waals surface area contributed by atoms with Gasteiger partial charge in [0.2, 0.25) is 5.91 Å². The molecule has 26 heavy (non-hydrogen) atoms. The van der Waals surface area contributed by atoms with Crippen molar-refractivity contribution in [1.29, 1.82) is 0 Å². The summed E-state index contributed by atoms with van der Waals surface area (Å²) >= 11 is 5.96. The molecular formula is C20H33ClN2O3. The average molecular weight is 385 g/mol. The molecule has 1 atom stereocenters. The summed E-state index contributed by atoms with van der Waals surface area (Å²) in [6.45, 7) is 4.25. The van der Waals surface area contributed by atoms with E-state index < -0.39 is 12.1 Å². The zero-order valence-corrected chi connectivity index (χ0v) is 16.9. The largest absolute Gasteiger partial charge is 0.442 e. The summed E-state index contributed by atoms with van der Waals surface area (Å²) < 4.78 is 5.44. The van der Waals surface area contributed by atoms with Gasteiger partial charge in [-0.2, -0.15) is 0 Å². The monoisotopic (exact) mass is 384 g/mol. The Morgan fingerprint density at radius 3 is 2.31 bits per heavy atom. The number of carbonyl (C=O) groups is 2. The molecule has 2 N–H and O–H groups in total. The van der Waals surface area contributed by atoms with Gasteiger partial charge in [0.25, 0.3) is 0 Å². The van der Waals surface area contributed by atoms with E-state index in [1.807, 2.05) is 0 Å². The molecule has 0 bridgehead atoms. The topological polar surface area (TPSA) is 72.6 Å². The van der Waals surface area contributed by atoms with E-state index in [9.17, 15) is 9.59 Å². The number of rotatable bonds is 13. The fraction of sp³-hybridized carbons (Fsp3) is 0.700. The number of unbranched alkanes of at least 4 members (excludes halogenated alkanes) is 8. The third kappa shape index (κ3) is 8.75. The predicted octanol–water partition coefficient (Wildman–Crippen LogP) is 4.60. The molecule has 0 aromatic carbocycles. The molecule has 0 fully saturated rings. The van der Waals surface area contributed by atoms with E-state index in [1.165, 1.54) is 44.9 Å². The van der Waals surface area contributed by atoms with Crippen molar-refractivity contribution >= 4 is 23.5 Å². The van der Waals surface area contributed by atoms with Gasteiger partial charge in [-0.05, 0) is 19.4 Å². The van der Waals surface area contributed by atoms with Gasteiger partial charge < -0.3 is 15.4 Å². The highest BCUT2D eigenvalue weighted by Gasteiger charge is 2.22. The van der Waals surface area contributed by atoms with E-state index >= 15 is 0 Å². The van der Waals surface area contributed by atoms with Gasteiger partial charge in [-0.3, -0.25) is 9.59 Å². The number of primary amides is 1. The second kappa shape index (κ2) is 12.8. The van der Waals surface area contributed by atoms with Gasteiger partial charge in [-0.25, -0.2) is 0 Å². The van der Waals surface area contributed by atoms with Crippen LogP contribution in [0.1, 0.15) is 78.1 Å². The molecule has 0 aromatic rings. The third-order valence-corrected chi connectivity index (χ3v) is 4.95. The van der Waals surface area contributed by atoms with Gasteiger partial charge in [-0.15, -0.1) is 0 Å². The number of nitrogens with zero attached hydrogens (tertiary/aromatic N) is 1. The molecule has 1 unspecified atom stereocenters. The van der Waals surface area contributed by atoms with Crippen LogP contribution >= 0.6 is 11.6 Å². The highest BCUT2D eigenvalue weighted by Crippen LogP contribution is 2.20. The molecule has 0 aliphatic carbocycles. The SMILES string of the molecule is CCCCCCCCCCCC(=O)OC(C)N1C=CC(Cl)=C(C(N)=O)C1. The second-order valence-electron chi connectivity index (χ2n) is 6.85. The van der Waals surface area contributed by atoms with Crippen LogP contribution in [0, 0.1) is 0 Å². The summed E-state index contributed by atoms with van der Waals surface area (Å²) in [6, 6.07) is 0. The first kappa shape index (κ1) is 22.6. The lowest BCUT2D eigenvalue weighted by Crippen LogP contribution is -2.37. The minimum atomic E-state index is -0.558. The second-order valence-corrected chi connectivity index (χ2v) is 7.25. The summed E-state index contributed by atoms with van der Waals surface area (Å²) in [5.74, 6) is -0.771. The van der Waals surface area contributed by atoms with E-state index in [2.05, 4.69) is 6.92 Å². The zero-order valence-electron chi connectivity index (χ0n) is 16.1. The van der Waals surface area contributed by atoms with Crippen LogP contribution in [0.3, 0.4) is 0 Å². The van der Waals surface area contributed by atoms with Gasteiger partial charge in [-0.1, -0.05) is 69.9 Å². The molecule has 1 amide bonds. The summed E-state index contributed by atoms with van der Waals surface area (Å²) in [4.78, 5) is 25.1. The van der Waals surface area contributed by atoms with Gasteiger partial charge in [0.15, 0.2) is 6.23 Å². The number of carbonyl (C=O) groups excluding carboxylic acids is 2. The summed E-state index contributed by atoms with van der Waals surface area (Å²) in [5.41, 5.74) is 5.64. The van der Waals surface area contributed by atoms with Gasteiger partial charge >= 0.3 is 5.97 Å². The lowest BCUT2D eigenvalue weighted by molar-refractivity contribution is -0.155. The van der Waals surface area contributed by atoms with E-state index in [-0.39, 0.29) is 12.5 Å². The number of nitrogens with two attached hydrogens (primary N) is 1. The standard InChI is InChI=1S/C20H33ClN2O3/c1-3-4-5-6-7-8-9-10-11-12-19(24)26-16(2)23-14-13-18(21)17(15-23)20(22)25/h13-14,16H,3-12,15H2,1-2H3,(H2,22,25). The molecule has 6 heteroatoms. The van der Waals surface area contributed by atoms with Crippen molar-refractivity contribution in [3.63, 3.8) is 0 Å². The first-order valence-electron chi connectivity index (χ1n) is 9.77. The Hall–Kier alpha value is -1.49. The minimum Gasteiger partial charge on any atom is -0.442 e. The normalized spacial score (nSPS) is 15.3. The molecule has 0 saturated carbocycles. The van der Waals surface area contributed by atoms with Crippen molar-refractivity contribution in [3.05, 3.63) is 22.9 Å². The van der Waals surface area contributed by atoms with Crippen molar-refractivity contribution in [3.8, 4) is 0 Å². The van der Waals surface area contributed by atoms with Crippen LogP contribution in [0.5, 0.6) is 0 Å². The molecular weight excluding hydrogens is 352 g/mol. The van der Waals surface area contributed by atoms with Crippen LogP contribution < -0.4 is 5.73 Å². The van der Waals surface area contributed by atoms with Crippen LogP contribution in [-0.2, 0) is 14.3 Å². The molecule has 1 aliphatic heterocycles. The average Bonchev–Trinajstić information content (AvgIpc) is 2.60. The highest BCUT2D eigenvalue weighted by molar-refractivity contribution is 6.33. The first-order chi connectivity index (χ1) is 12.5. The number of hydrogen-bond donors (Lipinski definition) is 1. The smallest absolute Gasteiger partial charge is 0.307 e. The molecule has 5 nitrogen and oxygen atoms in total. The Balaban J connectivity index is 2.16. The van der Waals surface area contributed by atoms with Crippen LogP contribution in [0.25, 0.3) is 0 Å². The number of ether oxygens (including phenoxy) is 1. The minimum absolute atomic E-state index is 0.213. The van der Waals surface area contributed by atoms with Gasteiger partial charge in [0.05, 0.1) is 17.2 Å². The maximum atomic E-state index is 12.0. The lowest BCUT2D eigenvalue weighted by atomic mass is 10.1. The summed E-state index contributed by atoms with van der Waals surface area (Å²) in [5, 5.41) is 0.335. The number of halogens is 1. The molecule has 0 spiro atoms. The summed E-state index contributed by atoms with van der Waals surface area (Å²) in [6.07, 6.45) is 14.2. The zero-order chi connectivity index (χ0) is 19.4. The molecule has 148 valence electrons. The maximum Gasteiger partial charge on any atom is 0.307 e. The Kier molecular flexibility index (Phi) is 11.1. The molecule has 1 rings (SSSR count). The lowest BCUT2D eigenvalue weighted by Gasteiger charge is -2.30. The third-order valence-electron chi connectivity index (χ3n) is 4.59. The van der Waals surface area contributed by atoms with Crippen LogP contribution in [0.2, 0.25) is 0 Å². The number of allylic oxidation sites excluding steroid dienone is 2. The van der Waals surface area contributed by atoms with Crippen molar-refractivity contribution in [1.82, 2.24) is 4.90 Å². The van der Waals surface area contributed by atoms with Crippen LogP contribution in [0.15, 0.2) is 22.9 Å². The predicted molar refractivity (Wildman–Crippen MR) is 105 cm³/mol. The molecule has 1 heterocycles. The van der Waals surface area contributed by atoms with Crippen LogP contribution in [0.4, 0.5) is 0 Å². The van der Waals surface area contributed by atoms with E-state index in [4.69, 9.17) is 22.1 Å². The number of amides is 1. The molecule has 0 aromatic heterocycles. The van der Waals surface area contributed by atoms with E-state index in [1.54, 1.807) is 24.1 Å². The summed E-state index contributed by atoms with van der Waals surface area (Å²) in [7, 11) is 0. The fourth-order valence-electron chi connectivity index (χ4n) is 2.91. The Labute approximate surface area is 162 Å². The van der Waals surface area contributed by atoms with Crippen molar-refractivity contribution in [2.24, 2.45) is 5.73 Å². The van der Waals surface area contributed by atoms with E-state index in [0.29, 0.717) is 17.0 Å². The first-order valence-corrected chi connectivity index (χ1v) is 10.1. The molecule has 0 radical (unpaired) electrons. The Morgan fingerprint density at radius 1 is 1.15 bits per heavy atom. The maximum absolute atomic E-state index is 12.0. The van der Waals surface area contributed by atoms with Gasteiger partial charge in [0.1, 0.15) is 0 Å².